The van der Waals surface area contributed by atoms with Gasteiger partial charge in [0.2, 0.25) is 5.91 Å². The van der Waals surface area contributed by atoms with E-state index in [4.69, 9.17) is 4.74 Å². The molecule has 1 heterocycles. The van der Waals surface area contributed by atoms with Crippen LogP contribution in [0.4, 0.5) is 10.1 Å². The molecule has 2 unspecified atom stereocenters. The average Bonchev–Trinajstić information content (AvgIpc) is 2.41. The first kappa shape index (κ1) is 13.8. The van der Waals surface area contributed by atoms with Crippen LogP contribution in [0.5, 0.6) is 5.75 Å². The number of anilines is 1. The standard InChI is InChI=1S/C14H19FN2O2/c1-9-4-3-7-16-13(9)14(18)17-10-5-6-11(15)12(8-10)19-2/h5-6,8-9,13,16H,3-4,7H2,1-2H3,(H,17,18). The van der Waals surface area contributed by atoms with E-state index in [0.717, 1.165) is 19.4 Å². The number of nitrogens with one attached hydrogen (secondary N) is 2. The second-order valence-corrected chi connectivity index (χ2v) is 4.89. The molecular weight excluding hydrogens is 247 g/mol. The lowest BCUT2D eigenvalue weighted by molar-refractivity contribution is -0.119. The second-order valence-electron chi connectivity index (χ2n) is 4.89. The van der Waals surface area contributed by atoms with E-state index in [1.54, 1.807) is 0 Å². The largest absolute Gasteiger partial charge is 0.494 e. The zero-order chi connectivity index (χ0) is 13.8. The molecule has 2 N–H and O–H groups in total. The van der Waals surface area contributed by atoms with Gasteiger partial charge in [-0.15, -0.1) is 0 Å². The number of hydrogen-bond acceptors (Lipinski definition) is 3. The molecule has 1 saturated heterocycles. The van der Waals surface area contributed by atoms with Crippen LogP contribution < -0.4 is 15.4 Å². The van der Waals surface area contributed by atoms with E-state index in [-0.39, 0.29) is 17.7 Å². The van der Waals surface area contributed by atoms with Gasteiger partial charge in [-0.05, 0) is 37.4 Å². The summed E-state index contributed by atoms with van der Waals surface area (Å²) in [6.07, 6.45) is 2.13. The van der Waals surface area contributed by atoms with Crippen molar-refractivity contribution >= 4 is 11.6 Å². The molecule has 0 aliphatic carbocycles. The van der Waals surface area contributed by atoms with Crippen molar-refractivity contribution in [2.24, 2.45) is 5.92 Å². The highest BCUT2D eigenvalue weighted by molar-refractivity contribution is 5.95. The van der Waals surface area contributed by atoms with Gasteiger partial charge in [-0.2, -0.15) is 0 Å². The molecule has 0 aromatic heterocycles. The maximum Gasteiger partial charge on any atom is 0.241 e. The van der Waals surface area contributed by atoms with E-state index in [1.165, 1.54) is 25.3 Å². The number of amides is 1. The van der Waals surface area contributed by atoms with Crippen LogP contribution >= 0.6 is 0 Å². The number of benzene rings is 1. The lowest BCUT2D eigenvalue weighted by Gasteiger charge is -2.28. The van der Waals surface area contributed by atoms with Crippen molar-refractivity contribution in [3.8, 4) is 5.75 Å². The monoisotopic (exact) mass is 266 g/mol. The molecule has 0 spiro atoms. The fraction of sp³-hybridized carbons (Fsp3) is 0.500. The molecule has 5 heteroatoms. The van der Waals surface area contributed by atoms with Crippen molar-refractivity contribution < 1.29 is 13.9 Å². The van der Waals surface area contributed by atoms with Gasteiger partial charge in [0.1, 0.15) is 0 Å². The summed E-state index contributed by atoms with van der Waals surface area (Å²) in [7, 11) is 1.40. The second kappa shape index (κ2) is 6.02. The van der Waals surface area contributed by atoms with Gasteiger partial charge in [-0.1, -0.05) is 6.92 Å². The fourth-order valence-corrected chi connectivity index (χ4v) is 2.36. The van der Waals surface area contributed by atoms with Crippen molar-refractivity contribution in [2.45, 2.75) is 25.8 Å². The van der Waals surface area contributed by atoms with Gasteiger partial charge in [0.25, 0.3) is 0 Å². The number of piperidine rings is 1. The Bertz CT molecular complexity index is 465. The first-order valence-electron chi connectivity index (χ1n) is 6.49. The summed E-state index contributed by atoms with van der Waals surface area (Å²) < 4.78 is 18.2. The highest BCUT2D eigenvalue weighted by Crippen LogP contribution is 2.22. The maximum absolute atomic E-state index is 13.3. The van der Waals surface area contributed by atoms with Crippen LogP contribution in [0.15, 0.2) is 18.2 Å². The molecule has 2 atom stereocenters. The van der Waals surface area contributed by atoms with E-state index in [0.29, 0.717) is 11.6 Å². The Morgan fingerprint density at radius 3 is 3.00 bits per heavy atom. The predicted octanol–water partition coefficient (Wildman–Crippen LogP) is 2.16. The number of rotatable bonds is 3. The van der Waals surface area contributed by atoms with Crippen LogP contribution in [-0.2, 0) is 4.79 Å². The smallest absolute Gasteiger partial charge is 0.241 e. The van der Waals surface area contributed by atoms with E-state index >= 15 is 0 Å². The van der Waals surface area contributed by atoms with Crippen LogP contribution in [-0.4, -0.2) is 25.6 Å². The van der Waals surface area contributed by atoms with Crippen molar-refractivity contribution in [3.63, 3.8) is 0 Å². The van der Waals surface area contributed by atoms with Gasteiger partial charge in [-0.25, -0.2) is 4.39 Å². The lowest BCUT2D eigenvalue weighted by atomic mass is 9.92. The molecule has 0 radical (unpaired) electrons. The molecule has 0 bridgehead atoms. The molecular formula is C14H19FN2O2. The highest BCUT2D eigenvalue weighted by atomic mass is 19.1. The van der Waals surface area contributed by atoms with E-state index in [1.807, 2.05) is 0 Å². The van der Waals surface area contributed by atoms with E-state index < -0.39 is 5.82 Å². The van der Waals surface area contributed by atoms with Crippen molar-refractivity contribution in [2.75, 3.05) is 19.0 Å². The molecule has 1 amide bonds. The third-order valence-corrected chi connectivity index (χ3v) is 3.47. The normalized spacial score (nSPS) is 22.9. The third kappa shape index (κ3) is 3.23. The number of methoxy groups -OCH3 is 1. The first-order chi connectivity index (χ1) is 9.11. The molecule has 2 rings (SSSR count). The summed E-state index contributed by atoms with van der Waals surface area (Å²) in [5, 5.41) is 6.01. The van der Waals surface area contributed by atoms with Crippen molar-refractivity contribution in [1.82, 2.24) is 5.32 Å². The quantitative estimate of drug-likeness (QED) is 0.881. The Labute approximate surface area is 112 Å². The topological polar surface area (TPSA) is 50.4 Å². The molecule has 1 aromatic carbocycles. The van der Waals surface area contributed by atoms with Crippen LogP contribution in [0.3, 0.4) is 0 Å². The van der Waals surface area contributed by atoms with Gasteiger partial charge in [0.15, 0.2) is 11.6 Å². The zero-order valence-electron chi connectivity index (χ0n) is 11.2. The summed E-state index contributed by atoms with van der Waals surface area (Å²) in [6.45, 7) is 2.91. The third-order valence-electron chi connectivity index (χ3n) is 3.47. The number of hydrogen-bond donors (Lipinski definition) is 2. The maximum atomic E-state index is 13.3. The highest BCUT2D eigenvalue weighted by Gasteiger charge is 2.27. The zero-order valence-corrected chi connectivity index (χ0v) is 11.2. The minimum Gasteiger partial charge on any atom is -0.494 e. The minimum atomic E-state index is -0.440. The van der Waals surface area contributed by atoms with Crippen LogP contribution in [0.2, 0.25) is 0 Å². The van der Waals surface area contributed by atoms with Gasteiger partial charge in [0.05, 0.1) is 13.2 Å². The molecule has 1 aliphatic rings. The SMILES string of the molecule is COc1cc(NC(=O)C2NCCCC2C)ccc1F. The van der Waals surface area contributed by atoms with Crippen LogP contribution in [0.25, 0.3) is 0 Å². The Balaban J connectivity index is 2.05. The predicted molar refractivity (Wildman–Crippen MR) is 71.8 cm³/mol. The first-order valence-corrected chi connectivity index (χ1v) is 6.49. The van der Waals surface area contributed by atoms with Crippen molar-refractivity contribution in [3.05, 3.63) is 24.0 Å². The fourth-order valence-electron chi connectivity index (χ4n) is 2.36. The molecule has 0 saturated carbocycles. The Hall–Kier alpha value is -1.62. The van der Waals surface area contributed by atoms with Crippen molar-refractivity contribution in [1.29, 1.82) is 0 Å². The minimum absolute atomic E-state index is 0.0825. The molecule has 1 aromatic rings. The molecule has 1 fully saturated rings. The summed E-state index contributed by atoms with van der Waals surface area (Å²) in [6, 6.07) is 4.11. The van der Waals surface area contributed by atoms with Gasteiger partial charge < -0.3 is 15.4 Å². The Kier molecular flexibility index (Phi) is 4.37. The summed E-state index contributed by atoms with van der Waals surface area (Å²) >= 11 is 0. The average molecular weight is 266 g/mol. The van der Waals surface area contributed by atoms with Gasteiger partial charge >= 0.3 is 0 Å². The Morgan fingerprint density at radius 1 is 1.53 bits per heavy atom. The number of halogens is 1. The van der Waals surface area contributed by atoms with Crippen LogP contribution in [0.1, 0.15) is 19.8 Å². The van der Waals surface area contributed by atoms with E-state index in [9.17, 15) is 9.18 Å². The van der Waals surface area contributed by atoms with Crippen LogP contribution in [0, 0.1) is 11.7 Å². The molecule has 1 aliphatic heterocycles. The number of carbonyl (C=O) groups is 1. The molecule has 4 nitrogen and oxygen atoms in total. The lowest BCUT2D eigenvalue weighted by Crippen LogP contribution is -2.48. The van der Waals surface area contributed by atoms with Gasteiger partial charge in [0, 0.05) is 11.8 Å². The van der Waals surface area contributed by atoms with Gasteiger partial charge in [-0.3, -0.25) is 4.79 Å². The van der Waals surface area contributed by atoms with E-state index in [2.05, 4.69) is 17.6 Å². The summed E-state index contributed by atoms with van der Waals surface area (Å²) in [5.74, 6) is -0.0935. The molecule has 104 valence electrons. The molecule has 19 heavy (non-hydrogen) atoms. The number of carbonyl (C=O) groups excluding carboxylic acids is 1. The summed E-state index contributed by atoms with van der Waals surface area (Å²) in [4.78, 5) is 12.2. The Morgan fingerprint density at radius 2 is 2.32 bits per heavy atom. The summed E-state index contributed by atoms with van der Waals surface area (Å²) in [5.41, 5.74) is 0.544. The number of ether oxygens (including phenoxy) is 1.